The average Bonchev–Trinajstić information content (AvgIpc) is 2.90. The molecule has 3 N–H and O–H groups in total. The topological polar surface area (TPSA) is 125 Å². The van der Waals surface area contributed by atoms with Crippen LogP contribution in [0.25, 0.3) is 11.0 Å². The molecule has 0 spiro atoms. The number of carboxylic acid groups (broad SMARTS) is 1. The van der Waals surface area contributed by atoms with Crippen LogP contribution in [0, 0.1) is 11.3 Å². The molecule has 3 aromatic rings. The van der Waals surface area contributed by atoms with Crippen molar-refractivity contribution in [3.63, 3.8) is 0 Å². The molecule has 29 heavy (non-hydrogen) atoms. The number of benzene rings is 1. The van der Waals surface area contributed by atoms with Crippen molar-refractivity contribution in [3.05, 3.63) is 51.7 Å². The number of nitrogens with one attached hydrogen (secondary N) is 2. The largest absolute Gasteiger partial charge is 0.465 e. The lowest BCUT2D eigenvalue weighted by Crippen LogP contribution is -2.33. The Kier molecular flexibility index (Phi) is 5.75. The van der Waals surface area contributed by atoms with Crippen LogP contribution in [0.4, 0.5) is 16.2 Å². The van der Waals surface area contributed by atoms with Gasteiger partial charge in [0.15, 0.2) is 0 Å². The normalized spacial score (nSPS) is 11.8. The second-order valence-corrected chi connectivity index (χ2v) is 6.96. The van der Waals surface area contributed by atoms with Gasteiger partial charge in [0.25, 0.3) is 0 Å². The highest BCUT2D eigenvalue weighted by atomic mass is 35.5. The van der Waals surface area contributed by atoms with Gasteiger partial charge in [-0.15, -0.1) is 0 Å². The van der Waals surface area contributed by atoms with E-state index in [1.54, 1.807) is 35.2 Å². The van der Waals surface area contributed by atoms with Crippen LogP contribution in [0.3, 0.4) is 0 Å². The third-order valence-electron chi connectivity index (χ3n) is 4.60. The van der Waals surface area contributed by atoms with E-state index in [0.29, 0.717) is 29.9 Å². The molecule has 1 atom stereocenters. The van der Waals surface area contributed by atoms with Gasteiger partial charge < -0.3 is 15.7 Å². The van der Waals surface area contributed by atoms with E-state index >= 15 is 0 Å². The Morgan fingerprint density at radius 1 is 1.38 bits per heavy atom. The molecule has 0 aliphatic carbocycles. The fraction of sp³-hybridized carbons (Fsp3) is 0.263. The summed E-state index contributed by atoms with van der Waals surface area (Å²) in [5.74, 6) is 0. The number of carbonyl (C=O) groups is 1. The molecule has 0 radical (unpaired) electrons. The molecular formula is C19H19ClN6O3. The van der Waals surface area contributed by atoms with Crippen molar-refractivity contribution in [2.75, 3.05) is 5.32 Å². The fourth-order valence-electron chi connectivity index (χ4n) is 3.11. The number of fused-ring (bicyclic) bond motifs is 1. The van der Waals surface area contributed by atoms with Crippen LogP contribution in [0.5, 0.6) is 0 Å². The number of hydrogen-bond acceptors (Lipinski definition) is 5. The second-order valence-electron chi connectivity index (χ2n) is 6.60. The maximum Gasteiger partial charge on any atom is 0.404 e. The van der Waals surface area contributed by atoms with Gasteiger partial charge in [0.1, 0.15) is 16.8 Å². The van der Waals surface area contributed by atoms with Gasteiger partial charge in [-0.2, -0.15) is 5.26 Å². The highest BCUT2D eigenvalue weighted by molar-refractivity contribution is 6.31. The van der Waals surface area contributed by atoms with Crippen molar-refractivity contribution in [1.82, 2.24) is 19.4 Å². The summed E-state index contributed by atoms with van der Waals surface area (Å²) in [5, 5.41) is 23.8. The maximum absolute atomic E-state index is 12.6. The first-order valence-corrected chi connectivity index (χ1v) is 9.20. The first kappa shape index (κ1) is 20.2. The summed E-state index contributed by atoms with van der Waals surface area (Å²) < 4.78 is 3.14. The Labute approximate surface area is 171 Å². The lowest BCUT2D eigenvalue weighted by molar-refractivity contribution is 0.190. The van der Waals surface area contributed by atoms with E-state index in [2.05, 4.69) is 15.6 Å². The van der Waals surface area contributed by atoms with Gasteiger partial charge >= 0.3 is 11.8 Å². The zero-order chi connectivity index (χ0) is 21.1. The molecule has 0 fully saturated rings. The number of halogens is 1. The van der Waals surface area contributed by atoms with E-state index in [1.165, 1.54) is 6.20 Å². The van der Waals surface area contributed by atoms with E-state index in [4.69, 9.17) is 16.7 Å². The van der Waals surface area contributed by atoms with Gasteiger partial charge in [0, 0.05) is 31.5 Å². The molecule has 1 aromatic carbocycles. The Morgan fingerprint density at radius 3 is 2.83 bits per heavy atom. The summed E-state index contributed by atoms with van der Waals surface area (Å²) in [6.45, 7) is 2.10. The highest BCUT2D eigenvalue weighted by Gasteiger charge is 2.14. The van der Waals surface area contributed by atoms with Gasteiger partial charge in [-0.25, -0.2) is 14.6 Å². The third kappa shape index (κ3) is 4.17. The van der Waals surface area contributed by atoms with Gasteiger partial charge in [-0.05, 0) is 37.6 Å². The molecule has 3 rings (SSSR count). The summed E-state index contributed by atoms with van der Waals surface area (Å²) in [5.41, 5.74) is 2.66. The molecule has 0 bridgehead atoms. The minimum absolute atomic E-state index is 0.107. The minimum Gasteiger partial charge on any atom is -0.465 e. The number of anilines is 2. The molecule has 150 valence electrons. The lowest BCUT2D eigenvalue weighted by Gasteiger charge is -2.12. The van der Waals surface area contributed by atoms with E-state index in [-0.39, 0.29) is 22.4 Å². The molecule has 0 saturated heterocycles. The summed E-state index contributed by atoms with van der Waals surface area (Å²) in [6.07, 6.45) is 0.861. The molecular weight excluding hydrogens is 396 g/mol. The van der Waals surface area contributed by atoms with Crippen molar-refractivity contribution in [3.8, 4) is 6.07 Å². The number of rotatable bonds is 6. The van der Waals surface area contributed by atoms with Crippen LogP contribution in [-0.4, -0.2) is 31.4 Å². The fourth-order valence-corrected chi connectivity index (χ4v) is 3.31. The summed E-state index contributed by atoms with van der Waals surface area (Å²) in [4.78, 5) is 27.3. The van der Waals surface area contributed by atoms with Gasteiger partial charge in [-0.1, -0.05) is 11.6 Å². The second kappa shape index (κ2) is 8.24. The number of imidazole rings is 1. The smallest absolute Gasteiger partial charge is 0.404 e. The minimum atomic E-state index is -1.10. The van der Waals surface area contributed by atoms with E-state index in [1.807, 2.05) is 18.2 Å². The Bertz CT molecular complexity index is 1180. The van der Waals surface area contributed by atoms with Crippen LogP contribution in [0.15, 0.2) is 35.3 Å². The van der Waals surface area contributed by atoms with E-state index in [0.717, 1.165) is 5.52 Å². The molecule has 2 aromatic heterocycles. The number of pyridine rings is 1. The van der Waals surface area contributed by atoms with E-state index in [9.17, 15) is 14.9 Å². The summed E-state index contributed by atoms with van der Waals surface area (Å²) >= 11 is 5.98. The third-order valence-corrected chi connectivity index (χ3v) is 4.88. The number of aromatic nitrogens is 3. The quantitative estimate of drug-likeness (QED) is 0.532. The predicted molar refractivity (Wildman–Crippen MR) is 110 cm³/mol. The molecule has 0 aliphatic rings. The molecule has 9 nitrogen and oxygen atoms in total. The van der Waals surface area contributed by atoms with Crippen LogP contribution >= 0.6 is 11.6 Å². The first-order chi connectivity index (χ1) is 13.8. The van der Waals surface area contributed by atoms with Crippen LogP contribution in [0.1, 0.15) is 18.9 Å². The van der Waals surface area contributed by atoms with Gasteiger partial charge in [0.2, 0.25) is 0 Å². The summed E-state index contributed by atoms with van der Waals surface area (Å²) in [7, 11) is 1.68. The van der Waals surface area contributed by atoms with Crippen molar-refractivity contribution < 1.29 is 9.90 Å². The standard InChI is InChI=1S/C19H19ClN6O3/c1-11(23-18(27)28)6-8-26-16-9-12(3-4-15(16)25(2)19(26)29)24-14-5-7-22-17(20)13(14)10-21/h3-5,7,9,11,23H,6,8H2,1-2H3,(H,22,24)(H,27,28). The SMILES string of the molecule is CC(CCn1c(=O)n(C)c2ccc(Nc3ccnc(Cl)c3C#N)cc21)NC(=O)O. The van der Waals surface area contributed by atoms with Crippen LogP contribution < -0.4 is 16.3 Å². The Morgan fingerprint density at radius 2 is 2.14 bits per heavy atom. The van der Waals surface area contributed by atoms with Crippen molar-refractivity contribution in [2.24, 2.45) is 7.05 Å². The highest BCUT2D eigenvalue weighted by Crippen LogP contribution is 2.26. The number of hydrogen-bond donors (Lipinski definition) is 3. The monoisotopic (exact) mass is 414 g/mol. The van der Waals surface area contributed by atoms with Crippen LogP contribution in [-0.2, 0) is 13.6 Å². The predicted octanol–water partition coefficient (Wildman–Crippen LogP) is 3.05. The zero-order valence-corrected chi connectivity index (χ0v) is 16.6. The van der Waals surface area contributed by atoms with Crippen LogP contribution in [0.2, 0.25) is 5.15 Å². The lowest BCUT2D eigenvalue weighted by atomic mass is 10.2. The average molecular weight is 415 g/mol. The number of amides is 1. The van der Waals surface area contributed by atoms with E-state index < -0.39 is 6.09 Å². The number of aryl methyl sites for hydroxylation is 2. The van der Waals surface area contributed by atoms with Gasteiger partial charge in [-0.3, -0.25) is 9.13 Å². The first-order valence-electron chi connectivity index (χ1n) is 8.82. The summed E-state index contributed by atoms with van der Waals surface area (Å²) in [6, 6.07) is 8.79. The Balaban J connectivity index is 1.95. The molecule has 0 aliphatic heterocycles. The maximum atomic E-state index is 12.6. The van der Waals surface area contributed by atoms with Gasteiger partial charge in [0.05, 0.1) is 16.7 Å². The Hall–Kier alpha value is -3.51. The number of nitriles is 1. The van der Waals surface area contributed by atoms with Crippen molar-refractivity contribution >= 4 is 40.1 Å². The zero-order valence-electron chi connectivity index (χ0n) is 15.8. The molecule has 1 unspecified atom stereocenters. The van der Waals surface area contributed by atoms with Crippen molar-refractivity contribution in [2.45, 2.75) is 25.9 Å². The molecule has 0 saturated carbocycles. The molecule has 1 amide bonds. The molecule has 2 heterocycles. The number of nitrogens with zero attached hydrogens (tertiary/aromatic N) is 4. The van der Waals surface area contributed by atoms with Crippen molar-refractivity contribution in [1.29, 1.82) is 5.26 Å². The molecule has 10 heteroatoms.